The van der Waals surface area contributed by atoms with Crippen LogP contribution in [0.25, 0.3) is 0 Å². The number of hydrogen-bond acceptors (Lipinski definition) is 6. The predicted molar refractivity (Wildman–Crippen MR) is 94.4 cm³/mol. The molecule has 22 heavy (non-hydrogen) atoms. The number of thiazole rings is 1. The number of amides is 1. The van der Waals surface area contributed by atoms with Gasteiger partial charge in [-0.25, -0.2) is 4.98 Å². The van der Waals surface area contributed by atoms with Crippen molar-refractivity contribution in [3.63, 3.8) is 0 Å². The third-order valence-electron chi connectivity index (χ3n) is 2.76. The van der Waals surface area contributed by atoms with Gasteiger partial charge in [0.25, 0.3) is 0 Å². The number of aryl methyl sites for hydroxylation is 1. The molecule has 0 spiro atoms. The molecule has 116 valence electrons. The molecule has 0 saturated carbocycles. The van der Waals surface area contributed by atoms with Crippen LogP contribution < -0.4 is 5.32 Å². The van der Waals surface area contributed by atoms with Crippen LogP contribution in [0.5, 0.6) is 0 Å². The highest BCUT2D eigenvalue weighted by molar-refractivity contribution is 8.01. The standard InChI is InChI=1S/C15H16N2O2S3/c1-9-7-21-15(16-9)22-8-13(19)11-4-5-12(17-10(2)18)14(6-11)20-3/h4-7H,8H2,1-3H3,(H,17,18). The minimum absolute atomic E-state index is 0.0579. The summed E-state index contributed by atoms with van der Waals surface area (Å²) in [6.07, 6.45) is 1.92. The Hall–Kier alpha value is -1.31. The van der Waals surface area contributed by atoms with Crippen molar-refractivity contribution in [2.75, 3.05) is 17.3 Å². The zero-order valence-corrected chi connectivity index (χ0v) is 15.0. The molecular weight excluding hydrogens is 336 g/mol. The number of anilines is 1. The molecule has 1 aromatic carbocycles. The van der Waals surface area contributed by atoms with E-state index in [1.165, 1.54) is 30.4 Å². The number of rotatable bonds is 6. The summed E-state index contributed by atoms with van der Waals surface area (Å²) < 4.78 is 0.908. The topological polar surface area (TPSA) is 59.1 Å². The number of nitrogens with zero attached hydrogens (tertiary/aromatic N) is 1. The molecule has 0 unspecified atom stereocenters. The number of hydrogen-bond donors (Lipinski definition) is 1. The third kappa shape index (κ3) is 4.59. The summed E-state index contributed by atoms with van der Waals surface area (Å²) >= 11 is 4.51. The van der Waals surface area contributed by atoms with Gasteiger partial charge in [0.15, 0.2) is 10.1 Å². The minimum Gasteiger partial charge on any atom is -0.325 e. The van der Waals surface area contributed by atoms with E-state index in [0.29, 0.717) is 11.3 Å². The number of nitrogens with one attached hydrogen (secondary N) is 1. The van der Waals surface area contributed by atoms with Crippen molar-refractivity contribution in [2.45, 2.75) is 23.1 Å². The fourth-order valence-corrected chi connectivity index (χ4v) is 4.09. The maximum absolute atomic E-state index is 12.3. The highest BCUT2D eigenvalue weighted by Gasteiger charge is 2.12. The van der Waals surface area contributed by atoms with Crippen molar-refractivity contribution in [2.24, 2.45) is 0 Å². The quantitative estimate of drug-likeness (QED) is 0.626. The van der Waals surface area contributed by atoms with Gasteiger partial charge in [0.05, 0.1) is 11.4 Å². The van der Waals surface area contributed by atoms with Crippen LogP contribution >= 0.6 is 34.9 Å². The molecule has 0 radical (unpaired) electrons. The van der Waals surface area contributed by atoms with E-state index in [-0.39, 0.29) is 11.7 Å². The Morgan fingerprint density at radius 3 is 2.73 bits per heavy atom. The lowest BCUT2D eigenvalue weighted by Crippen LogP contribution is -2.08. The second-order valence-electron chi connectivity index (χ2n) is 4.56. The van der Waals surface area contributed by atoms with Crippen molar-refractivity contribution >= 4 is 52.2 Å². The first kappa shape index (κ1) is 17.1. The zero-order chi connectivity index (χ0) is 16.1. The molecule has 7 heteroatoms. The van der Waals surface area contributed by atoms with Gasteiger partial charge in [-0.15, -0.1) is 23.1 Å². The summed E-state index contributed by atoms with van der Waals surface area (Å²) in [5.74, 6) is 0.298. The van der Waals surface area contributed by atoms with Gasteiger partial charge >= 0.3 is 0 Å². The van der Waals surface area contributed by atoms with Crippen molar-refractivity contribution in [3.05, 3.63) is 34.8 Å². The minimum atomic E-state index is -0.121. The summed E-state index contributed by atoms with van der Waals surface area (Å²) in [6, 6.07) is 5.35. The smallest absolute Gasteiger partial charge is 0.221 e. The maximum Gasteiger partial charge on any atom is 0.221 e. The number of carbonyl (C=O) groups is 2. The molecule has 2 aromatic rings. The lowest BCUT2D eigenvalue weighted by atomic mass is 10.1. The number of thioether (sulfide) groups is 2. The van der Waals surface area contributed by atoms with Gasteiger partial charge in [0.2, 0.25) is 5.91 Å². The van der Waals surface area contributed by atoms with Gasteiger partial charge in [0.1, 0.15) is 0 Å². The van der Waals surface area contributed by atoms with E-state index in [1.54, 1.807) is 23.5 Å². The summed E-state index contributed by atoms with van der Waals surface area (Å²) in [7, 11) is 0. The van der Waals surface area contributed by atoms with Crippen molar-refractivity contribution in [1.29, 1.82) is 0 Å². The second-order valence-corrected chi connectivity index (χ2v) is 7.49. The van der Waals surface area contributed by atoms with Crippen molar-refractivity contribution < 1.29 is 9.59 Å². The van der Waals surface area contributed by atoms with Crippen LogP contribution in [0.15, 0.2) is 32.8 Å². The Morgan fingerprint density at radius 1 is 1.36 bits per heavy atom. The fraction of sp³-hybridized carbons (Fsp3) is 0.267. The molecule has 0 atom stereocenters. The van der Waals surface area contributed by atoms with Gasteiger partial charge in [0, 0.05) is 28.5 Å². The summed E-state index contributed by atoms with van der Waals surface area (Å²) in [5.41, 5.74) is 2.36. The molecule has 4 nitrogen and oxygen atoms in total. The first-order valence-corrected chi connectivity index (χ1v) is 9.62. The summed E-state index contributed by atoms with van der Waals surface area (Å²) in [6.45, 7) is 3.41. The lowest BCUT2D eigenvalue weighted by Gasteiger charge is -2.09. The molecule has 1 N–H and O–H groups in total. The summed E-state index contributed by atoms with van der Waals surface area (Å²) in [4.78, 5) is 28.7. The molecule has 1 heterocycles. The van der Waals surface area contributed by atoms with Crippen LogP contribution in [0, 0.1) is 6.92 Å². The van der Waals surface area contributed by atoms with Crippen LogP contribution in [-0.2, 0) is 4.79 Å². The Bertz CT molecular complexity index is 698. The first-order chi connectivity index (χ1) is 10.5. The predicted octanol–water partition coefficient (Wildman–Crippen LogP) is 4.11. The van der Waals surface area contributed by atoms with Crippen LogP contribution in [0.3, 0.4) is 0 Å². The Labute approximate surface area is 142 Å². The van der Waals surface area contributed by atoms with Gasteiger partial charge in [-0.2, -0.15) is 0 Å². The highest BCUT2D eigenvalue weighted by Crippen LogP contribution is 2.28. The molecule has 0 aliphatic carbocycles. The number of ketones is 1. The zero-order valence-electron chi connectivity index (χ0n) is 12.5. The highest BCUT2D eigenvalue weighted by atomic mass is 32.2. The van der Waals surface area contributed by atoms with Gasteiger partial charge in [-0.05, 0) is 31.4 Å². The number of Topliss-reactive ketones (excluding diaryl/α,β-unsaturated/α-hetero) is 1. The average molecular weight is 353 g/mol. The van der Waals surface area contributed by atoms with Gasteiger partial charge in [-0.1, -0.05) is 11.8 Å². The molecular formula is C15H16N2O2S3. The third-order valence-corrected chi connectivity index (χ3v) is 5.68. The van der Waals surface area contributed by atoms with E-state index in [0.717, 1.165) is 20.6 Å². The lowest BCUT2D eigenvalue weighted by molar-refractivity contribution is -0.114. The molecule has 0 saturated heterocycles. The molecule has 1 amide bonds. The second kappa shape index (κ2) is 7.80. The Balaban J connectivity index is 2.07. The first-order valence-electron chi connectivity index (χ1n) is 6.53. The Morgan fingerprint density at radius 2 is 2.14 bits per heavy atom. The van der Waals surface area contributed by atoms with E-state index in [9.17, 15) is 9.59 Å². The SMILES string of the molecule is CSc1cc(C(=O)CSc2nc(C)cs2)ccc1NC(C)=O. The number of benzene rings is 1. The van der Waals surface area contributed by atoms with E-state index in [2.05, 4.69) is 10.3 Å². The van der Waals surface area contributed by atoms with Gasteiger partial charge < -0.3 is 5.32 Å². The van der Waals surface area contributed by atoms with E-state index in [4.69, 9.17) is 0 Å². The number of aromatic nitrogens is 1. The van der Waals surface area contributed by atoms with Crippen molar-refractivity contribution in [3.8, 4) is 0 Å². The average Bonchev–Trinajstić information content (AvgIpc) is 2.90. The van der Waals surface area contributed by atoms with Crippen LogP contribution in [0.4, 0.5) is 5.69 Å². The van der Waals surface area contributed by atoms with Crippen LogP contribution in [0.2, 0.25) is 0 Å². The van der Waals surface area contributed by atoms with E-state index >= 15 is 0 Å². The van der Waals surface area contributed by atoms with Crippen molar-refractivity contribution in [1.82, 2.24) is 4.98 Å². The summed E-state index contributed by atoms with van der Waals surface area (Å²) in [5, 5.41) is 4.74. The van der Waals surface area contributed by atoms with Gasteiger partial charge in [-0.3, -0.25) is 9.59 Å². The van der Waals surface area contributed by atoms with E-state index in [1.807, 2.05) is 24.6 Å². The van der Waals surface area contributed by atoms with Crippen LogP contribution in [0.1, 0.15) is 23.0 Å². The Kier molecular flexibility index (Phi) is 6.05. The number of carbonyl (C=O) groups excluding carboxylic acids is 2. The largest absolute Gasteiger partial charge is 0.325 e. The monoisotopic (exact) mass is 352 g/mol. The fourth-order valence-electron chi connectivity index (χ4n) is 1.77. The molecule has 0 bridgehead atoms. The van der Waals surface area contributed by atoms with E-state index < -0.39 is 0 Å². The molecule has 0 aliphatic rings. The molecule has 2 rings (SSSR count). The molecule has 0 aliphatic heterocycles. The molecule has 0 fully saturated rings. The maximum atomic E-state index is 12.3. The van der Waals surface area contributed by atoms with Crippen LogP contribution in [-0.4, -0.2) is 28.7 Å². The normalized spacial score (nSPS) is 10.5. The molecule has 1 aromatic heterocycles.